The number of aromatic amines is 1. The highest BCUT2D eigenvalue weighted by Crippen LogP contribution is 2.21. The Morgan fingerprint density at radius 3 is 2.82 bits per heavy atom. The number of nitrogens with one attached hydrogen (secondary N) is 1. The smallest absolute Gasteiger partial charge is 0.307 e. The summed E-state index contributed by atoms with van der Waals surface area (Å²) in [6.45, 7) is 0. The maximum Gasteiger partial charge on any atom is 0.307 e. The lowest BCUT2D eigenvalue weighted by Gasteiger charge is -2.07. The van der Waals surface area contributed by atoms with E-state index in [4.69, 9.17) is 10.8 Å². The Balaban J connectivity index is 2.84. The third-order valence-corrected chi connectivity index (χ3v) is 2.45. The number of benzene rings is 1. The van der Waals surface area contributed by atoms with Crippen LogP contribution in [-0.2, 0) is 11.2 Å². The molecule has 4 N–H and O–H groups in total. The van der Waals surface area contributed by atoms with Crippen LogP contribution in [0, 0.1) is 5.82 Å². The zero-order valence-electron chi connectivity index (χ0n) is 8.66. The summed E-state index contributed by atoms with van der Waals surface area (Å²) >= 11 is 0. The molecule has 0 unspecified atom stereocenters. The number of aromatic nitrogens is 1. The summed E-state index contributed by atoms with van der Waals surface area (Å²) in [6.07, 6.45) is -0.421. The van der Waals surface area contributed by atoms with Gasteiger partial charge in [0.2, 0.25) is 0 Å². The van der Waals surface area contributed by atoms with Crippen LogP contribution in [0.2, 0.25) is 0 Å². The molecule has 0 saturated carbocycles. The number of hydrogen-bond acceptors (Lipinski definition) is 3. The Morgan fingerprint density at radius 1 is 1.47 bits per heavy atom. The summed E-state index contributed by atoms with van der Waals surface area (Å²) in [4.78, 5) is 24.6. The first kappa shape index (κ1) is 11.1. The van der Waals surface area contributed by atoms with E-state index in [0.29, 0.717) is 10.9 Å². The number of halogens is 1. The van der Waals surface area contributed by atoms with Crippen molar-refractivity contribution in [2.24, 2.45) is 0 Å². The third kappa shape index (κ3) is 1.96. The fourth-order valence-electron chi connectivity index (χ4n) is 1.69. The van der Waals surface area contributed by atoms with Gasteiger partial charge in [-0.25, -0.2) is 4.39 Å². The SMILES string of the molecule is Nc1c(CC(=O)O)c2cc(F)ccc2[nH]c1=O. The zero-order valence-corrected chi connectivity index (χ0v) is 8.66. The number of nitrogens with two attached hydrogens (primary N) is 1. The molecule has 0 amide bonds. The van der Waals surface area contributed by atoms with E-state index < -0.39 is 23.8 Å². The number of aliphatic carboxylic acids is 1. The van der Waals surface area contributed by atoms with Crippen molar-refractivity contribution in [1.82, 2.24) is 4.98 Å². The minimum Gasteiger partial charge on any atom is -0.481 e. The van der Waals surface area contributed by atoms with Gasteiger partial charge >= 0.3 is 5.97 Å². The van der Waals surface area contributed by atoms with Gasteiger partial charge in [0.05, 0.1) is 6.42 Å². The number of anilines is 1. The van der Waals surface area contributed by atoms with E-state index in [1.165, 1.54) is 12.1 Å². The zero-order chi connectivity index (χ0) is 12.6. The normalized spacial score (nSPS) is 10.6. The lowest BCUT2D eigenvalue weighted by atomic mass is 10.0. The first-order valence-corrected chi connectivity index (χ1v) is 4.80. The summed E-state index contributed by atoms with van der Waals surface area (Å²) < 4.78 is 13.1. The van der Waals surface area contributed by atoms with Crippen molar-refractivity contribution in [2.45, 2.75) is 6.42 Å². The molecule has 0 atom stereocenters. The Bertz CT molecular complexity index is 664. The van der Waals surface area contributed by atoms with Crippen LogP contribution in [0.5, 0.6) is 0 Å². The number of nitrogen functional groups attached to an aromatic ring is 1. The first-order chi connectivity index (χ1) is 7.99. The van der Waals surface area contributed by atoms with Gasteiger partial charge in [-0.1, -0.05) is 0 Å². The molecular weight excluding hydrogens is 227 g/mol. The summed E-state index contributed by atoms with van der Waals surface area (Å²) in [5.74, 6) is -1.65. The summed E-state index contributed by atoms with van der Waals surface area (Å²) in [6, 6.07) is 3.70. The molecule has 0 aliphatic rings. The minimum absolute atomic E-state index is 0.135. The van der Waals surface area contributed by atoms with Crippen LogP contribution in [0.4, 0.5) is 10.1 Å². The molecule has 0 saturated heterocycles. The number of hydrogen-bond donors (Lipinski definition) is 3. The molecule has 6 heteroatoms. The van der Waals surface area contributed by atoms with Crippen LogP contribution in [0.3, 0.4) is 0 Å². The van der Waals surface area contributed by atoms with Gasteiger partial charge in [0.1, 0.15) is 11.5 Å². The van der Waals surface area contributed by atoms with Gasteiger partial charge in [0.25, 0.3) is 5.56 Å². The standard InChI is InChI=1S/C11H9FN2O3/c12-5-1-2-8-6(3-5)7(4-9(15)16)10(13)11(17)14-8/h1-3H,4,13H2,(H,14,17)(H,15,16). The molecule has 5 nitrogen and oxygen atoms in total. The van der Waals surface area contributed by atoms with E-state index in [9.17, 15) is 14.0 Å². The van der Waals surface area contributed by atoms with E-state index in [2.05, 4.69) is 4.98 Å². The van der Waals surface area contributed by atoms with Crippen molar-refractivity contribution in [3.8, 4) is 0 Å². The van der Waals surface area contributed by atoms with Gasteiger partial charge in [-0.15, -0.1) is 0 Å². The van der Waals surface area contributed by atoms with Crippen LogP contribution in [0.1, 0.15) is 5.56 Å². The van der Waals surface area contributed by atoms with Crippen molar-refractivity contribution < 1.29 is 14.3 Å². The van der Waals surface area contributed by atoms with E-state index in [0.717, 1.165) is 6.07 Å². The number of H-pyrrole nitrogens is 1. The second-order valence-corrected chi connectivity index (χ2v) is 3.61. The average molecular weight is 236 g/mol. The molecule has 1 aromatic carbocycles. The molecule has 1 aromatic heterocycles. The molecule has 0 spiro atoms. The minimum atomic E-state index is -1.13. The van der Waals surface area contributed by atoms with Crippen LogP contribution in [0.25, 0.3) is 10.9 Å². The Hall–Kier alpha value is -2.37. The molecule has 88 valence electrons. The van der Waals surface area contributed by atoms with Crippen LogP contribution in [0.15, 0.2) is 23.0 Å². The lowest BCUT2D eigenvalue weighted by molar-refractivity contribution is -0.136. The van der Waals surface area contributed by atoms with Crippen molar-refractivity contribution in [3.05, 3.63) is 39.9 Å². The fraction of sp³-hybridized carbons (Fsp3) is 0.0909. The van der Waals surface area contributed by atoms with Crippen LogP contribution in [-0.4, -0.2) is 16.1 Å². The number of carboxylic acid groups (broad SMARTS) is 1. The molecule has 2 aromatic rings. The molecule has 0 aliphatic heterocycles. The molecular formula is C11H9FN2O3. The van der Waals surface area contributed by atoms with Crippen LogP contribution < -0.4 is 11.3 Å². The number of carboxylic acids is 1. The topological polar surface area (TPSA) is 96.2 Å². The molecule has 1 heterocycles. The summed E-state index contributed by atoms with van der Waals surface area (Å²) in [5, 5.41) is 9.06. The van der Waals surface area contributed by atoms with Gasteiger partial charge < -0.3 is 15.8 Å². The van der Waals surface area contributed by atoms with E-state index >= 15 is 0 Å². The first-order valence-electron chi connectivity index (χ1n) is 4.80. The second-order valence-electron chi connectivity index (χ2n) is 3.61. The summed E-state index contributed by atoms with van der Waals surface area (Å²) in [7, 11) is 0. The van der Waals surface area contributed by atoms with Gasteiger partial charge in [0, 0.05) is 16.5 Å². The predicted octanol–water partition coefficient (Wildman–Crippen LogP) is 0.877. The number of pyridine rings is 1. The van der Waals surface area contributed by atoms with Crippen molar-refractivity contribution in [3.63, 3.8) is 0 Å². The maximum absolute atomic E-state index is 13.1. The molecule has 2 rings (SSSR count). The predicted molar refractivity (Wildman–Crippen MR) is 60.3 cm³/mol. The van der Waals surface area contributed by atoms with E-state index in [-0.39, 0.29) is 11.3 Å². The van der Waals surface area contributed by atoms with Crippen molar-refractivity contribution >= 4 is 22.6 Å². The van der Waals surface area contributed by atoms with Gasteiger partial charge in [-0.05, 0) is 18.2 Å². The Kier molecular flexibility index (Phi) is 2.55. The number of carbonyl (C=O) groups is 1. The maximum atomic E-state index is 13.1. The Morgan fingerprint density at radius 2 is 2.18 bits per heavy atom. The third-order valence-electron chi connectivity index (χ3n) is 2.45. The van der Waals surface area contributed by atoms with E-state index in [1.54, 1.807) is 0 Å². The molecule has 0 fully saturated rings. The highest BCUT2D eigenvalue weighted by Gasteiger charge is 2.13. The Labute approximate surface area is 94.7 Å². The van der Waals surface area contributed by atoms with Crippen molar-refractivity contribution in [2.75, 3.05) is 5.73 Å². The largest absolute Gasteiger partial charge is 0.481 e. The van der Waals surface area contributed by atoms with Gasteiger partial charge in [0.15, 0.2) is 0 Å². The highest BCUT2D eigenvalue weighted by atomic mass is 19.1. The number of fused-ring (bicyclic) bond motifs is 1. The molecule has 0 bridgehead atoms. The molecule has 0 aliphatic carbocycles. The van der Waals surface area contributed by atoms with Crippen LogP contribution >= 0.6 is 0 Å². The van der Waals surface area contributed by atoms with Gasteiger partial charge in [-0.2, -0.15) is 0 Å². The average Bonchev–Trinajstić information content (AvgIpc) is 2.25. The van der Waals surface area contributed by atoms with Gasteiger partial charge in [-0.3, -0.25) is 9.59 Å². The summed E-state index contributed by atoms with van der Waals surface area (Å²) in [5.41, 5.74) is 5.26. The number of rotatable bonds is 2. The fourth-order valence-corrected chi connectivity index (χ4v) is 1.69. The van der Waals surface area contributed by atoms with E-state index in [1.807, 2.05) is 0 Å². The highest BCUT2D eigenvalue weighted by molar-refractivity contribution is 5.89. The molecule has 0 radical (unpaired) electrons. The monoisotopic (exact) mass is 236 g/mol. The lowest BCUT2D eigenvalue weighted by Crippen LogP contribution is -2.17. The molecule has 17 heavy (non-hydrogen) atoms. The second kappa shape index (κ2) is 3.89. The quantitative estimate of drug-likeness (QED) is 0.721. The van der Waals surface area contributed by atoms with Crippen molar-refractivity contribution in [1.29, 1.82) is 0 Å².